The van der Waals surface area contributed by atoms with Gasteiger partial charge in [-0.15, -0.1) is 0 Å². The lowest BCUT2D eigenvalue weighted by molar-refractivity contribution is 0.488. The normalized spacial score (nSPS) is 12.4. The van der Waals surface area contributed by atoms with E-state index in [1.807, 2.05) is 0 Å². The second kappa shape index (κ2) is 4.40. The first-order chi connectivity index (χ1) is 8.08. The van der Waals surface area contributed by atoms with Gasteiger partial charge in [-0.1, -0.05) is 0 Å². The molecule has 0 radical (unpaired) electrons. The number of hydrogen-bond donors (Lipinski definition) is 2. The van der Waals surface area contributed by atoms with Crippen LogP contribution in [0.15, 0.2) is 28.9 Å². The van der Waals surface area contributed by atoms with E-state index in [0.29, 0.717) is 11.8 Å². The molecule has 0 bridgehead atoms. The molecule has 2 aromatic heterocycles. The van der Waals surface area contributed by atoms with Crippen LogP contribution in [0.1, 0.15) is 18.7 Å². The molecule has 0 aliphatic rings. The Bertz CT molecular complexity index is 514. The topological polar surface area (TPSA) is 64.1 Å². The average molecular weight is 239 g/mol. The molecule has 17 heavy (non-hydrogen) atoms. The number of pyridine rings is 1. The highest BCUT2D eigenvalue weighted by atomic mass is 19.1. The Morgan fingerprint density at radius 1 is 1.41 bits per heavy atom. The molecule has 0 aliphatic carbocycles. The van der Waals surface area contributed by atoms with Gasteiger partial charge in [-0.25, -0.2) is 13.8 Å². The zero-order valence-electron chi connectivity index (χ0n) is 9.08. The summed E-state index contributed by atoms with van der Waals surface area (Å²) >= 11 is 0. The number of nitrogens with one attached hydrogen (secondary N) is 1. The molecule has 2 rings (SSSR count). The van der Waals surface area contributed by atoms with Crippen molar-refractivity contribution in [1.82, 2.24) is 4.98 Å². The number of nitrogens with zero attached hydrogens (tertiary/aromatic N) is 1. The Morgan fingerprint density at radius 2 is 2.18 bits per heavy atom. The average Bonchev–Trinajstić information content (AvgIpc) is 2.79. The fourth-order valence-electron chi connectivity index (χ4n) is 1.40. The Balaban J connectivity index is 2.22. The van der Waals surface area contributed by atoms with Gasteiger partial charge in [-0.3, -0.25) is 0 Å². The summed E-state index contributed by atoms with van der Waals surface area (Å²) in [5, 5.41) is 2.75. The molecule has 6 heteroatoms. The van der Waals surface area contributed by atoms with Crippen molar-refractivity contribution in [2.45, 2.75) is 13.0 Å². The van der Waals surface area contributed by atoms with Crippen molar-refractivity contribution in [3.8, 4) is 0 Å². The lowest BCUT2D eigenvalue weighted by Crippen LogP contribution is -2.10. The predicted octanol–water partition coefficient (Wildman–Crippen LogP) is 2.71. The lowest BCUT2D eigenvalue weighted by atomic mass is 10.2. The quantitative estimate of drug-likeness (QED) is 0.864. The molecule has 90 valence electrons. The number of halogens is 2. The summed E-state index contributed by atoms with van der Waals surface area (Å²) in [6.45, 7) is 1.76. The van der Waals surface area contributed by atoms with E-state index in [1.54, 1.807) is 19.1 Å². The van der Waals surface area contributed by atoms with E-state index < -0.39 is 11.6 Å². The summed E-state index contributed by atoms with van der Waals surface area (Å²) in [5.41, 5.74) is 5.27. The van der Waals surface area contributed by atoms with Gasteiger partial charge in [0, 0.05) is 6.07 Å². The minimum absolute atomic E-state index is 0.104. The molecular formula is C11H11F2N3O. The molecule has 0 saturated carbocycles. The summed E-state index contributed by atoms with van der Waals surface area (Å²) in [5.74, 6) is -1.50. The van der Waals surface area contributed by atoms with Crippen molar-refractivity contribution >= 4 is 11.6 Å². The maximum Gasteiger partial charge on any atom is 0.168 e. The predicted molar refractivity (Wildman–Crippen MR) is 59.3 cm³/mol. The molecule has 2 aromatic rings. The molecule has 1 unspecified atom stereocenters. The third kappa shape index (κ3) is 2.35. The third-order valence-electron chi connectivity index (χ3n) is 2.28. The SMILES string of the molecule is CC(Nc1nc(N)c(F)cc1F)c1ccco1. The van der Waals surface area contributed by atoms with E-state index in [4.69, 9.17) is 10.2 Å². The van der Waals surface area contributed by atoms with Crippen LogP contribution in [0.5, 0.6) is 0 Å². The van der Waals surface area contributed by atoms with Crippen molar-refractivity contribution < 1.29 is 13.2 Å². The molecule has 0 saturated heterocycles. The van der Waals surface area contributed by atoms with Gasteiger partial charge in [-0.2, -0.15) is 0 Å². The molecule has 4 nitrogen and oxygen atoms in total. The van der Waals surface area contributed by atoms with Crippen LogP contribution in [0, 0.1) is 11.6 Å². The molecule has 0 aromatic carbocycles. The fraction of sp³-hybridized carbons (Fsp3) is 0.182. The van der Waals surface area contributed by atoms with Crippen molar-refractivity contribution in [3.63, 3.8) is 0 Å². The first kappa shape index (κ1) is 11.4. The zero-order valence-corrected chi connectivity index (χ0v) is 9.08. The lowest BCUT2D eigenvalue weighted by Gasteiger charge is -2.13. The number of anilines is 2. The molecule has 3 N–H and O–H groups in total. The molecule has 0 spiro atoms. The van der Waals surface area contributed by atoms with Gasteiger partial charge < -0.3 is 15.5 Å². The van der Waals surface area contributed by atoms with E-state index in [1.165, 1.54) is 6.26 Å². The van der Waals surface area contributed by atoms with Gasteiger partial charge >= 0.3 is 0 Å². The molecule has 1 atom stereocenters. The van der Waals surface area contributed by atoms with Crippen LogP contribution in [0.25, 0.3) is 0 Å². The van der Waals surface area contributed by atoms with E-state index >= 15 is 0 Å². The monoisotopic (exact) mass is 239 g/mol. The highest BCUT2D eigenvalue weighted by molar-refractivity contribution is 5.45. The Morgan fingerprint density at radius 3 is 2.82 bits per heavy atom. The summed E-state index contributed by atoms with van der Waals surface area (Å²) in [6.07, 6.45) is 1.51. The summed E-state index contributed by atoms with van der Waals surface area (Å²) < 4.78 is 31.4. The van der Waals surface area contributed by atoms with E-state index in [0.717, 1.165) is 0 Å². The van der Waals surface area contributed by atoms with Crippen LogP contribution in [0.3, 0.4) is 0 Å². The van der Waals surface area contributed by atoms with Gasteiger partial charge in [-0.05, 0) is 19.1 Å². The largest absolute Gasteiger partial charge is 0.467 e. The Hall–Kier alpha value is -2.11. The van der Waals surface area contributed by atoms with Crippen LogP contribution >= 0.6 is 0 Å². The first-order valence-corrected chi connectivity index (χ1v) is 4.99. The number of nitrogens with two attached hydrogens (primary N) is 1. The first-order valence-electron chi connectivity index (χ1n) is 4.99. The van der Waals surface area contributed by atoms with Crippen molar-refractivity contribution in [1.29, 1.82) is 0 Å². The van der Waals surface area contributed by atoms with Gasteiger partial charge in [0.25, 0.3) is 0 Å². The van der Waals surface area contributed by atoms with E-state index in [-0.39, 0.29) is 17.7 Å². The molecule has 0 fully saturated rings. The highest BCUT2D eigenvalue weighted by Gasteiger charge is 2.14. The van der Waals surface area contributed by atoms with Crippen LogP contribution in [-0.4, -0.2) is 4.98 Å². The number of furan rings is 1. The maximum atomic E-state index is 13.4. The second-order valence-electron chi connectivity index (χ2n) is 3.57. The number of nitrogen functional groups attached to an aromatic ring is 1. The van der Waals surface area contributed by atoms with Gasteiger partial charge in [0.1, 0.15) is 5.76 Å². The van der Waals surface area contributed by atoms with Crippen LogP contribution in [0.4, 0.5) is 20.4 Å². The summed E-state index contributed by atoms with van der Waals surface area (Å²) in [6, 6.07) is 3.86. The summed E-state index contributed by atoms with van der Waals surface area (Å²) in [4.78, 5) is 3.60. The second-order valence-corrected chi connectivity index (χ2v) is 3.57. The van der Waals surface area contributed by atoms with Crippen molar-refractivity contribution in [3.05, 3.63) is 41.9 Å². The van der Waals surface area contributed by atoms with Gasteiger partial charge in [0.2, 0.25) is 0 Å². The van der Waals surface area contributed by atoms with Gasteiger partial charge in [0.05, 0.1) is 12.3 Å². The molecule has 0 amide bonds. The summed E-state index contributed by atoms with van der Waals surface area (Å²) in [7, 11) is 0. The minimum Gasteiger partial charge on any atom is -0.467 e. The van der Waals surface area contributed by atoms with Gasteiger partial charge in [0.15, 0.2) is 23.3 Å². The smallest absolute Gasteiger partial charge is 0.168 e. The molecular weight excluding hydrogens is 228 g/mol. The number of rotatable bonds is 3. The van der Waals surface area contributed by atoms with Crippen LogP contribution in [-0.2, 0) is 0 Å². The van der Waals surface area contributed by atoms with Crippen LogP contribution < -0.4 is 11.1 Å². The van der Waals surface area contributed by atoms with Crippen LogP contribution in [0.2, 0.25) is 0 Å². The zero-order chi connectivity index (χ0) is 12.4. The molecule has 2 heterocycles. The maximum absolute atomic E-state index is 13.4. The van der Waals surface area contributed by atoms with Crippen molar-refractivity contribution in [2.75, 3.05) is 11.1 Å². The standard InChI is InChI=1S/C11H11F2N3O/c1-6(9-3-2-4-17-9)15-11-8(13)5-7(12)10(14)16-11/h2-6H,1H3,(H3,14,15,16). The Kier molecular flexibility index (Phi) is 2.95. The third-order valence-corrected chi connectivity index (χ3v) is 2.28. The van der Waals surface area contributed by atoms with Crippen molar-refractivity contribution in [2.24, 2.45) is 0 Å². The Labute approximate surface area is 96.5 Å². The minimum atomic E-state index is -0.876. The van der Waals surface area contributed by atoms with E-state index in [9.17, 15) is 8.78 Å². The van der Waals surface area contributed by atoms with E-state index in [2.05, 4.69) is 10.3 Å². The number of hydrogen-bond acceptors (Lipinski definition) is 4. The number of aromatic nitrogens is 1. The fourth-order valence-corrected chi connectivity index (χ4v) is 1.40. The molecule has 0 aliphatic heterocycles. The highest BCUT2D eigenvalue weighted by Crippen LogP contribution is 2.22.